The first-order valence-corrected chi connectivity index (χ1v) is 7.18. The molecule has 0 saturated heterocycles. The molecule has 1 aromatic rings. The average Bonchev–Trinajstić information content (AvgIpc) is 2.64. The highest BCUT2D eigenvalue weighted by Gasteiger charge is 2.31. The molecule has 2 rings (SSSR count). The number of halogens is 5. The van der Waals surface area contributed by atoms with Crippen molar-refractivity contribution in [2.24, 2.45) is 0 Å². The first-order valence-electron chi connectivity index (χ1n) is 7.18. The summed E-state index contributed by atoms with van der Waals surface area (Å²) in [6.45, 7) is 1.08. The van der Waals surface area contributed by atoms with Gasteiger partial charge in [-0.2, -0.15) is 0 Å². The van der Waals surface area contributed by atoms with Crippen LogP contribution in [-0.2, 0) is 14.3 Å². The molecule has 1 amide bonds. The van der Waals surface area contributed by atoms with Crippen LogP contribution in [0.25, 0.3) is 5.57 Å². The van der Waals surface area contributed by atoms with Crippen molar-refractivity contribution in [2.75, 3.05) is 20.3 Å². The topological polar surface area (TPSA) is 55.8 Å². The Morgan fingerprint density at radius 1 is 1.04 bits per heavy atom. The third kappa shape index (κ3) is 3.39. The van der Waals surface area contributed by atoms with Gasteiger partial charge in [-0.1, -0.05) is 0 Å². The van der Waals surface area contributed by atoms with Crippen LogP contribution in [0.5, 0.6) is 0 Å². The molecule has 1 aliphatic heterocycles. The molecule has 5 nitrogen and oxygen atoms in total. The van der Waals surface area contributed by atoms with E-state index in [0.717, 1.165) is 24.3 Å². The molecule has 0 unspecified atom stereocenters. The summed E-state index contributed by atoms with van der Waals surface area (Å²) < 4.78 is 77.4. The second-order valence-corrected chi connectivity index (χ2v) is 5.02. The van der Waals surface area contributed by atoms with Crippen LogP contribution < -0.4 is 0 Å². The summed E-state index contributed by atoms with van der Waals surface area (Å²) >= 11 is 0. The van der Waals surface area contributed by atoms with Crippen molar-refractivity contribution in [3.63, 3.8) is 0 Å². The van der Waals surface area contributed by atoms with Gasteiger partial charge < -0.3 is 9.47 Å². The smallest absolute Gasteiger partial charge is 0.414 e. The zero-order valence-corrected chi connectivity index (χ0v) is 13.5. The van der Waals surface area contributed by atoms with Gasteiger partial charge in [0.1, 0.15) is 0 Å². The maximum Gasteiger partial charge on any atom is 0.414 e. The van der Waals surface area contributed by atoms with E-state index in [4.69, 9.17) is 4.74 Å². The van der Waals surface area contributed by atoms with E-state index in [0.29, 0.717) is 0 Å². The maximum absolute atomic E-state index is 14.0. The Bertz CT molecular complexity index is 805. The Kier molecular flexibility index (Phi) is 5.63. The van der Waals surface area contributed by atoms with Crippen molar-refractivity contribution >= 4 is 17.6 Å². The van der Waals surface area contributed by atoms with Gasteiger partial charge in [-0.25, -0.2) is 31.5 Å². The number of carbonyl (C=O) groups excluding carboxylic acids is 2. The predicted molar refractivity (Wildman–Crippen MR) is 78.0 cm³/mol. The summed E-state index contributed by atoms with van der Waals surface area (Å²) in [6.07, 6.45) is 0.714. The lowest BCUT2D eigenvalue weighted by molar-refractivity contribution is -0.136. The minimum absolute atomic E-state index is 0.0433. The van der Waals surface area contributed by atoms with Crippen LogP contribution in [0.15, 0.2) is 17.8 Å². The molecule has 140 valence electrons. The van der Waals surface area contributed by atoms with E-state index in [2.05, 4.69) is 4.74 Å². The molecule has 0 atom stereocenters. The first-order chi connectivity index (χ1) is 12.2. The zero-order valence-electron chi connectivity index (χ0n) is 13.5. The third-order valence-electron chi connectivity index (χ3n) is 3.41. The van der Waals surface area contributed by atoms with Crippen molar-refractivity contribution in [1.29, 1.82) is 0 Å². The standard InChI is InChI=1S/C16H12F5NO4/c1-3-26-16(24)22-5-7(4-8(6-22)15(23)25-2)9-10(17)12(19)14(21)13(20)11(9)18/h4-5H,3,6H2,1-2H3. The number of ether oxygens (including phenoxy) is 2. The van der Waals surface area contributed by atoms with Gasteiger partial charge in [-0.05, 0) is 13.0 Å². The molecular weight excluding hydrogens is 365 g/mol. The highest BCUT2D eigenvalue weighted by Crippen LogP contribution is 2.32. The van der Waals surface area contributed by atoms with E-state index in [1.54, 1.807) is 0 Å². The molecule has 26 heavy (non-hydrogen) atoms. The number of methoxy groups -OCH3 is 1. The highest BCUT2D eigenvalue weighted by molar-refractivity contribution is 5.95. The molecule has 0 spiro atoms. The zero-order chi connectivity index (χ0) is 19.6. The van der Waals surface area contributed by atoms with E-state index >= 15 is 0 Å². The van der Waals surface area contributed by atoms with Gasteiger partial charge in [-0.15, -0.1) is 0 Å². The van der Waals surface area contributed by atoms with E-state index in [1.165, 1.54) is 6.92 Å². The van der Waals surface area contributed by atoms with Crippen LogP contribution in [0.4, 0.5) is 26.7 Å². The lowest BCUT2D eigenvalue weighted by atomic mass is 9.99. The largest absolute Gasteiger partial charge is 0.466 e. The van der Waals surface area contributed by atoms with E-state index in [-0.39, 0.29) is 18.7 Å². The molecule has 10 heteroatoms. The van der Waals surface area contributed by atoms with Crippen LogP contribution in [-0.4, -0.2) is 37.2 Å². The summed E-state index contributed by atoms with van der Waals surface area (Å²) in [4.78, 5) is 24.4. The number of hydrogen-bond donors (Lipinski definition) is 0. The summed E-state index contributed by atoms with van der Waals surface area (Å²) in [5.74, 6) is -11.8. The Morgan fingerprint density at radius 2 is 1.58 bits per heavy atom. The molecule has 0 aliphatic carbocycles. The van der Waals surface area contributed by atoms with Crippen LogP contribution in [0, 0.1) is 29.1 Å². The Balaban J connectivity index is 2.66. The number of benzene rings is 1. The fourth-order valence-corrected chi connectivity index (χ4v) is 2.24. The molecule has 0 fully saturated rings. The van der Waals surface area contributed by atoms with Crippen LogP contribution in [0.2, 0.25) is 0 Å². The lowest BCUT2D eigenvalue weighted by Gasteiger charge is -2.24. The first kappa shape index (κ1) is 19.4. The molecule has 0 saturated carbocycles. The van der Waals surface area contributed by atoms with E-state index in [9.17, 15) is 31.5 Å². The van der Waals surface area contributed by atoms with Crippen molar-refractivity contribution in [3.8, 4) is 0 Å². The number of rotatable bonds is 3. The van der Waals surface area contributed by atoms with Gasteiger partial charge >= 0.3 is 12.1 Å². The summed E-state index contributed by atoms with van der Waals surface area (Å²) in [5.41, 5.74) is -2.11. The monoisotopic (exact) mass is 377 g/mol. The third-order valence-corrected chi connectivity index (χ3v) is 3.41. The number of allylic oxidation sites excluding steroid dienone is 2. The molecule has 0 bridgehead atoms. The fourth-order valence-electron chi connectivity index (χ4n) is 2.24. The van der Waals surface area contributed by atoms with E-state index in [1.807, 2.05) is 0 Å². The summed E-state index contributed by atoms with van der Waals surface area (Å²) in [5, 5.41) is 0. The predicted octanol–water partition coefficient (Wildman–Crippen LogP) is 3.29. The van der Waals surface area contributed by atoms with Crippen LogP contribution >= 0.6 is 0 Å². The number of amides is 1. The second kappa shape index (κ2) is 7.54. The van der Waals surface area contributed by atoms with Gasteiger partial charge in [0.05, 0.1) is 31.4 Å². The van der Waals surface area contributed by atoms with E-state index < -0.39 is 52.3 Å². The minimum atomic E-state index is -2.32. The molecule has 1 aromatic carbocycles. The van der Waals surface area contributed by atoms with Crippen LogP contribution in [0.1, 0.15) is 12.5 Å². The minimum Gasteiger partial charge on any atom is -0.466 e. The SMILES string of the molecule is CCOC(=O)N1C=C(c2c(F)c(F)c(F)c(F)c2F)C=C(C(=O)OC)C1. The highest BCUT2D eigenvalue weighted by atomic mass is 19.2. The van der Waals surface area contributed by atoms with Gasteiger partial charge in [0.15, 0.2) is 23.3 Å². The molecule has 0 N–H and O–H groups in total. The number of carbonyl (C=O) groups is 2. The van der Waals surface area contributed by atoms with Gasteiger partial charge in [0.2, 0.25) is 5.82 Å². The Morgan fingerprint density at radius 3 is 2.08 bits per heavy atom. The average molecular weight is 377 g/mol. The number of nitrogens with zero attached hydrogens (tertiary/aromatic N) is 1. The van der Waals surface area contributed by atoms with Crippen molar-refractivity contribution in [3.05, 3.63) is 52.5 Å². The van der Waals surface area contributed by atoms with Gasteiger partial charge in [0.25, 0.3) is 0 Å². The van der Waals surface area contributed by atoms with Crippen molar-refractivity contribution in [1.82, 2.24) is 4.90 Å². The number of hydrogen-bond acceptors (Lipinski definition) is 4. The molecule has 1 heterocycles. The molecule has 1 aliphatic rings. The molecule has 0 radical (unpaired) electrons. The summed E-state index contributed by atoms with van der Waals surface area (Å²) in [7, 11) is 1.02. The quantitative estimate of drug-likeness (QED) is 0.351. The maximum atomic E-state index is 14.0. The van der Waals surface area contributed by atoms with Crippen LogP contribution in [0.3, 0.4) is 0 Å². The lowest BCUT2D eigenvalue weighted by Crippen LogP contribution is -2.33. The second-order valence-electron chi connectivity index (χ2n) is 5.02. The van der Waals surface area contributed by atoms with Crippen molar-refractivity contribution < 1.29 is 41.0 Å². The fraction of sp³-hybridized carbons (Fsp3) is 0.250. The Labute approximate surface area is 144 Å². The number of esters is 1. The van der Waals surface area contributed by atoms with Gasteiger partial charge in [0, 0.05) is 11.8 Å². The van der Waals surface area contributed by atoms with Gasteiger partial charge in [-0.3, -0.25) is 4.90 Å². The Hall–Kier alpha value is -2.91. The molecular formula is C16H12F5NO4. The molecule has 0 aromatic heterocycles. The summed E-state index contributed by atoms with van der Waals surface area (Å²) in [6, 6.07) is 0. The van der Waals surface area contributed by atoms with Crippen molar-refractivity contribution in [2.45, 2.75) is 6.92 Å². The normalized spacial score (nSPS) is 13.9.